The topological polar surface area (TPSA) is 339 Å². The number of aromatic hydroxyl groups is 1. The van der Waals surface area contributed by atoms with Gasteiger partial charge in [0.2, 0.25) is 0 Å². The number of nitrogen functional groups attached to an aromatic ring is 3. The van der Waals surface area contributed by atoms with Crippen LogP contribution in [0, 0.1) is 3.70 Å². The van der Waals surface area contributed by atoms with Gasteiger partial charge in [0, 0.05) is 0 Å². The number of hydrogen-bond donors (Lipinski definition) is 5. The molecule has 0 fully saturated rings. The third-order valence-corrected chi connectivity index (χ3v) is 25.2. The van der Waals surface area contributed by atoms with Crippen molar-refractivity contribution in [3.8, 4) is 28.4 Å². The van der Waals surface area contributed by atoms with Crippen LogP contribution in [0.4, 0.5) is 43.5 Å². The van der Waals surface area contributed by atoms with Crippen LogP contribution in [0.2, 0.25) is 0 Å². The number of hydrogen-bond acceptors (Lipinski definition) is 21. The Morgan fingerprint density at radius 1 is 0.449 bits per heavy atom. The number of aromatic nitrogens is 12. The molecule has 0 bridgehead atoms. The summed E-state index contributed by atoms with van der Waals surface area (Å²) in [5.41, 5.74) is 21.8. The molecule has 24 nitrogen and oxygen atoms in total. The van der Waals surface area contributed by atoms with E-state index in [1.807, 2.05) is 193 Å². The van der Waals surface area contributed by atoms with E-state index in [4.69, 9.17) is 36.4 Å². The SMILES string of the molecule is CC(C)(C)OC(=O)N(C(=O)OC(C)(C)C)c1ncc(Br)nc1I.CC(C)(C)OC(=O)Nc1ncc(Br)nc1[Se]c1ccccc1.Nc1cnc(Br)cn1.Nc1ncc(-c2ccccc2)nc1[Se]c1ccccc1.Nc1ncc(Br)nc1[Se]c1ccccc1.Oc1c(Cc2ccccc2)cc2c([Se]c3ccccc3)nc(-c3ccccc3)cn12. The minimum atomic E-state index is -0.874. The number of nitrogens with one attached hydrogen (secondary N) is 1. The number of nitrogens with zero attached hydrogens (tertiary/aromatic N) is 13. The molecular weight excluding hydrogens is 2130 g/mol. The molecule has 33 heteroatoms. The molecule has 7 aromatic heterocycles. The Bertz CT molecular complexity index is 5550. The second kappa shape index (κ2) is 45.1. The van der Waals surface area contributed by atoms with Crippen molar-refractivity contribution < 1.29 is 33.7 Å². The monoisotopic (exact) mass is 2210 g/mol. The fourth-order valence-electron chi connectivity index (χ4n) is 9.58. The van der Waals surface area contributed by atoms with Gasteiger partial charge in [0.05, 0.1) is 18.6 Å². The normalized spacial score (nSPS) is 10.9. The van der Waals surface area contributed by atoms with E-state index in [1.165, 1.54) is 31.3 Å². The maximum atomic E-state index is 12.4. The number of benzene rings is 7. The van der Waals surface area contributed by atoms with Gasteiger partial charge in [0.15, 0.2) is 5.82 Å². The van der Waals surface area contributed by atoms with Gasteiger partial charge in [0.25, 0.3) is 0 Å². The molecule has 7 aromatic carbocycles. The average Bonchev–Trinajstić information content (AvgIpc) is 1.62. The molecule has 0 saturated carbocycles. The van der Waals surface area contributed by atoms with Crippen LogP contribution in [0.15, 0.2) is 280 Å². The first-order chi connectivity index (χ1) is 56.3. The summed E-state index contributed by atoms with van der Waals surface area (Å²) in [6.07, 6.45) is 9.67. The van der Waals surface area contributed by atoms with E-state index in [-0.39, 0.29) is 65.6 Å². The molecule has 118 heavy (non-hydrogen) atoms. The summed E-state index contributed by atoms with van der Waals surface area (Å²) < 4.78 is 29.0. The third-order valence-electron chi connectivity index (χ3n) is 14.5. The van der Waals surface area contributed by atoms with Crippen molar-refractivity contribution >= 4 is 235 Å². The van der Waals surface area contributed by atoms with E-state index in [0.717, 1.165) is 65.9 Å². The predicted molar refractivity (Wildman–Crippen MR) is 495 cm³/mol. The molecular formula is C85H80Br4IN17O7Se4. The predicted octanol–water partition coefficient (Wildman–Crippen LogP) is 13.4. The molecule has 606 valence electrons. The zero-order chi connectivity index (χ0) is 84.9. The molecule has 3 amide bonds. The van der Waals surface area contributed by atoms with Gasteiger partial charge in [-0.25, -0.2) is 29.5 Å². The molecule has 14 rings (SSSR count). The second-order valence-electron chi connectivity index (χ2n) is 27.4. The van der Waals surface area contributed by atoms with Crippen LogP contribution in [0.1, 0.15) is 73.4 Å². The first-order valence-corrected chi connectivity index (χ1v) is 46.8. The molecule has 0 atom stereocenters. The Kier molecular flexibility index (Phi) is 35.3. The van der Waals surface area contributed by atoms with Crippen molar-refractivity contribution in [3.63, 3.8) is 0 Å². The van der Waals surface area contributed by atoms with Gasteiger partial charge in [-0.3, -0.25) is 0 Å². The molecule has 0 unspecified atom stereocenters. The van der Waals surface area contributed by atoms with Crippen molar-refractivity contribution in [2.24, 2.45) is 0 Å². The summed E-state index contributed by atoms with van der Waals surface area (Å²) in [6.45, 7) is 15.7. The average molecular weight is 2210 g/mol. The van der Waals surface area contributed by atoms with E-state index in [2.05, 4.69) is 198 Å². The number of rotatable bonds is 14. The van der Waals surface area contributed by atoms with Crippen molar-refractivity contribution in [2.75, 3.05) is 27.4 Å². The molecule has 0 aliphatic carbocycles. The Morgan fingerprint density at radius 3 is 1.30 bits per heavy atom. The van der Waals surface area contributed by atoms with Crippen molar-refractivity contribution in [1.82, 2.24) is 59.2 Å². The van der Waals surface area contributed by atoms with Crippen molar-refractivity contribution in [1.29, 1.82) is 0 Å². The molecule has 0 aliphatic heterocycles. The fourth-order valence-corrected chi connectivity index (χ4v) is 19.3. The summed E-state index contributed by atoms with van der Waals surface area (Å²) in [7, 11) is 0. The van der Waals surface area contributed by atoms with Crippen LogP contribution in [0.5, 0.6) is 5.88 Å². The Morgan fingerprint density at radius 2 is 0.839 bits per heavy atom. The van der Waals surface area contributed by atoms with Gasteiger partial charge in [-0.1, -0.05) is 0 Å². The zero-order valence-electron chi connectivity index (χ0n) is 65.0. The van der Waals surface area contributed by atoms with Gasteiger partial charge < -0.3 is 15.2 Å². The molecule has 0 aliphatic rings. The van der Waals surface area contributed by atoms with Crippen molar-refractivity contribution in [3.05, 3.63) is 295 Å². The van der Waals surface area contributed by atoms with Gasteiger partial charge in [0.1, 0.15) is 29.9 Å². The summed E-state index contributed by atoms with van der Waals surface area (Å²) >= 11 is 14.9. The van der Waals surface area contributed by atoms with Crippen LogP contribution in [-0.2, 0) is 20.6 Å². The summed E-state index contributed by atoms with van der Waals surface area (Å²) in [5.74, 6) is 2.25. The number of imide groups is 1. The molecule has 0 saturated heterocycles. The Labute approximate surface area is 756 Å². The molecule has 0 radical (unpaired) electrons. The number of carbonyl (C=O) groups is 3. The molecule has 8 N–H and O–H groups in total. The number of halogens is 5. The summed E-state index contributed by atoms with van der Waals surface area (Å²) in [5, 5.41) is 13.7. The first kappa shape index (κ1) is 92.5. The Balaban J connectivity index is 0.000000166. The minimum absolute atomic E-state index is 0.0299. The standard InChI is InChI=1S/C26H20N2OSe.C16H13N3Se.C15H16BrN3O2Se.C14H19BrIN3O4.C10H8BrN3Se.C4H4BrN3/c29-26-21(16-19-10-4-1-5-11-19)17-24-25(30-22-14-8-3-9-15-22)27-23(18-28(24)26)20-12-6-2-7-13-20;17-15-16(20-13-9-5-2-6-10-13)19-14(11-18-15)12-7-3-1-4-8-12;1-15(2,3)21-14(20)19-12-13(18-11(16)9-17-12)22-10-7-5-4-6-8-10;1-13(2,3)22-11(20)19(12(21)23-14(4,5)6)10-9(16)18-8(15)7-17-10;11-8-6-13-9(12)10(14-8)15-7-4-2-1-3-5-7;5-3-1-8-4(6)2-7-3/h1-15,17-18,29H,16H2;1-11H,(H2,17,18);4-9H,1-3H3,(H,17,19,20);7H,1-6H3;1-6H,(H2,12,13);1-2H,(H2,6,8). The number of amides is 3. The van der Waals surface area contributed by atoms with E-state index in [9.17, 15) is 19.5 Å². The number of nitrogens with two attached hydrogens (primary N) is 3. The summed E-state index contributed by atoms with van der Waals surface area (Å²) in [6, 6.07) is 73.3. The van der Waals surface area contributed by atoms with Crippen LogP contribution < -0.4 is 63.6 Å². The quantitative estimate of drug-likeness (QED) is 0.0383. The zero-order valence-corrected chi connectivity index (χ0v) is 80.4. The number of fused-ring (bicyclic) bond motifs is 1. The van der Waals surface area contributed by atoms with E-state index in [1.54, 1.807) is 66.3 Å². The van der Waals surface area contributed by atoms with Gasteiger partial charge in [-0.15, -0.1) is 0 Å². The van der Waals surface area contributed by atoms with E-state index >= 15 is 0 Å². The number of ether oxygens (including phenoxy) is 3. The van der Waals surface area contributed by atoms with Gasteiger partial charge >= 0.3 is 565 Å². The first-order valence-electron chi connectivity index (χ1n) is 35.7. The fraction of sp³-hybridized carbons (Fsp3) is 0.153. The van der Waals surface area contributed by atoms with E-state index in [0.29, 0.717) is 53.1 Å². The van der Waals surface area contributed by atoms with Gasteiger partial charge in [-0.2, -0.15) is 4.90 Å². The van der Waals surface area contributed by atoms with Crippen LogP contribution in [0.3, 0.4) is 0 Å². The molecule has 14 aromatic rings. The van der Waals surface area contributed by atoms with Crippen LogP contribution in [-0.4, -0.2) is 159 Å². The van der Waals surface area contributed by atoms with Crippen LogP contribution in [0.25, 0.3) is 28.0 Å². The van der Waals surface area contributed by atoms with Crippen molar-refractivity contribution in [2.45, 2.75) is 85.5 Å². The number of anilines is 5. The van der Waals surface area contributed by atoms with Crippen LogP contribution >= 0.6 is 86.3 Å². The Hall–Kier alpha value is -9.43. The third kappa shape index (κ3) is 31.1. The second-order valence-corrected chi connectivity index (χ2v) is 40.6. The maximum absolute atomic E-state index is 12.4. The molecule has 7 heterocycles. The molecule has 0 spiro atoms. The van der Waals surface area contributed by atoms with E-state index < -0.39 is 35.1 Å². The number of carbonyl (C=O) groups excluding carboxylic acids is 3. The summed E-state index contributed by atoms with van der Waals surface area (Å²) in [4.78, 5) is 84.4. The van der Waals surface area contributed by atoms with Gasteiger partial charge in [-0.05, 0) is 96.0 Å².